The van der Waals surface area contributed by atoms with Gasteiger partial charge in [0.05, 0.1) is 0 Å². The van der Waals surface area contributed by atoms with E-state index in [4.69, 9.17) is 10.5 Å². The lowest BCUT2D eigenvalue weighted by atomic mass is 10.00. The fourth-order valence-electron chi connectivity index (χ4n) is 1.73. The van der Waals surface area contributed by atoms with Crippen LogP contribution >= 0.6 is 12.4 Å². The number of ether oxygens (including phenoxy) is 1. The number of nitrogens with two attached hydrogens (primary N) is 1. The molecule has 90 valence electrons. The van der Waals surface area contributed by atoms with Crippen LogP contribution in [0, 0.1) is 5.92 Å². The van der Waals surface area contributed by atoms with Crippen LogP contribution in [-0.2, 0) is 9.53 Å². The van der Waals surface area contributed by atoms with Gasteiger partial charge in [-0.1, -0.05) is 0 Å². The van der Waals surface area contributed by atoms with Crippen molar-refractivity contribution in [3.63, 3.8) is 0 Å². The van der Waals surface area contributed by atoms with Crippen molar-refractivity contribution in [3.8, 4) is 0 Å². The standard InChI is InChI=1S/C10H20N2O2.ClH/c1-12(10(13)2-5-11)8-9-3-6-14-7-4-9;/h9H,2-8,11H2,1H3;1H. The first-order valence-electron chi connectivity index (χ1n) is 5.26. The molecule has 1 heterocycles. The topological polar surface area (TPSA) is 55.6 Å². The molecule has 0 aromatic heterocycles. The molecule has 0 bridgehead atoms. The van der Waals surface area contributed by atoms with Gasteiger partial charge in [-0.3, -0.25) is 4.79 Å². The molecule has 1 rings (SSSR count). The Hall–Kier alpha value is -0.320. The maximum Gasteiger partial charge on any atom is 0.223 e. The molecule has 1 aliphatic heterocycles. The maximum atomic E-state index is 11.4. The highest BCUT2D eigenvalue weighted by molar-refractivity contribution is 5.85. The summed E-state index contributed by atoms with van der Waals surface area (Å²) in [5.74, 6) is 0.759. The third kappa shape index (κ3) is 5.35. The van der Waals surface area contributed by atoms with Gasteiger partial charge in [-0.15, -0.1) is 12.4 Å². The van der Waals surface area contributed by atoms with Crippen molar-refractivity contribution in [1.29, 1.82) is 0 Å². The summed E-state index contributed by atoms with van der Waals surface area (Å²) in [5.41, 5.74) is 5.33. The molecule has 0 atom stereocenters. The Morgan fingerprint density at radius 1 is 1.47 bits per heavy atom. The van der Waals surface area contributed by atoms with E-state index in [2.05, 4.69) is 0 Å². The SMILES string of the molecule is CN(CC1CCOCC1)C(=O)CCN.Cl. The summed E-state index contributed by atoms with van der Waals surface area (Å²) in [6, 6.07) is 0. The van der Waals surface area contributed by atoms with E-state index in [0.717, 1.165) is 32.6 Å². The number of rotatable bonds is 4. The van der Waals surface area contributed by atoms with Crippen molar-refractivity contribution in [1.82, 2.24) is 4.90 Å². The van der Waals surface area contributed by atoms with Crippen LogP contribution < -0.4 is 5.73 Å². The molecule has 0 aromatic carbocycles. The van der Waals surface area contributed by atoms with Crippen LogP contribution in [0.2, 0.25) is 0 Å². The van der Waals surface area contributed by atoms with Crippen molar-refractivity contribution in [2.24, 2.45) is 11.7 Å². The minimum Gasteiger partial charge on any atom is -0.381 e. The zero-order chi connectivity index (χ0) is 10.4. The summed E-state index contributed by atoms with van der Waals surface area (Å²) >= 11 is 0. The average Bonchev–Trinajstić information content (AvgIpc) is 2.19. The summed E-state index contributed by atoms with van der Waals surface area (Å²) in [6.07, 6.45) is 2.60. The molecule has 2 N–H and O–H groups in total. The van der Waals surface area contributed by atoms with Gasteiger partial charge in [-0.2, -0.15) is 0 Å². The number of hydrogen-bond donors (Lipinski definition) is 1. The van der Waals surface area contributed by atoms with Crippen molar-refractivity contribution in [2.45, 2.75) is 19.3 Å². The third-order valence-electron chi connectivity index (χ3n) is 2.66. The number of carbonyl (C=O) groups is 1. The van der Waals surface area contributed by atoms with Gasteiger partial charge in [0.25, 0.3) is 0 Å². The second kappa shape index (κ2) is 7.91. The van der Waals surface area contributed by atoms with E-state index >= 15 is 0 Å². The Bertz CT molecular complexity index is 184. The van der Waals surface area contributed by atoms with Crippen LogP contribution in [0.15, 0.2) is 0 Å². The van der Waals surface area contributed by atoms with E-state index in [1.807, 2.05) is 7.05 Å². The van der Waals surface area contributed by atoms with Crippen LogP contribution in [0.25, 0.3) is 0 Å². The first-order valence-corrected chi connectivity index (χ1v) is 5.26. The fraction of sp³-hybridized carbons (Fsp3) is 0.900. The van der Waals surface area contributed by atoms with Gasteiger partial charge in [-0.25, -0.2) is 0 Å². The van der Waals surface area contributed by atoms with Crippen LogP contribution in [-0.4, -0.2) is 44.2 Å². The number of amides is 1. The molecule has 1 amide bonds. The Kier molecular flexibility index (Phi) is 7.74. The molecular weight excluding hydrogens is 216 g/mol. The molecule has 1 fully saturated rings. The molecule has 1 aliphatic rings. The first-order chi connectivity index (χ1) is 6.74. The second-order valence-corrected chi connectivity index (χ2v) is 3.87. The summed E-state index contributed by atoms with van der Waals surface area (Å²) in [6.45, 7) is 2.96. The summed E-state index contributed by atoms with van der Waals surface area (Å²) in [4.78, 5) is 13.2. The molecule has 5 heteroatoms. The predicted molar refractivity (Wildman–Crippen MR) is 62.1 cm³/mol. The molecule has 15 heavy (non-hydrogen) atoms. The largest absolute Gasteiger partial charge is 0.381 e. The van der Waals surface area contributed by atoms with E-state index in [1.165, 1.54) is 0 Å². The van der Waals surface area contributed by atoms with Gasteiger partial charge < -0.3 is 15.4 Å². The summed E-state index contributed by atoms with van der Waals surface area (Å²) < 4.78 is 5.27. The van der Waals surface area contributed by atoms with Crippen LogP contribution in [0.3, 0.4) is 0 Å². The van der Waals surface area contributed by atoms with E-state index in [0.29, 0.717) is 18.9 Å². The second-order valence-electron chi connectivity index (χ2n) is 3.87. The van der Waals surface area contributed by atoms with Gasteiger partial charge in [0, 0.05) is 39.8 Å². The van der Waals surface area contributed by atoms with Gasteiger partial charge in [0.2, 0.25) is 5.91 Å². The highest BCUT2D eigenvalue weighted by atomic mass is 35.5. The van der Waals surface area contributed by atoms with Crippen LogP contribution in [0.1, 0.15) is 19.3 Å². The summed E-state index contributed by atoms with van der Waals surface area (Å²) in [7, 11) is 1.85. The Morgan fingerprint density at radius 3 is 2.60 bits per heavy atom. The number of hydrogen-bond acceptors (Lipinski definition) is 3. The minimum absolute atomic E-state index is 0. The zero-order valence-corrected chi connectivity index (χ0v) is 10.1. The lowest BCUT2D eigenvalue weighted by Crippen LogP contribution is -2.35. The van der Waals surface area contributed by atoms with Crippen molar-refractivity contribution >= 4 is 18.3 Å². The highest BCUT2D eigenvalue weighted by Crippen LogP contribution is 2.15. The maximum absolute atomic E-state index is 11.4. The van der Waals surface area contributed by atoms with E-state index in [9.17, 15) is 4.79 Å². The molecular formula is C10H21ClN2O2. The molecule has 0 aliphatic carbocycles. The van der Waals surface area contributed by atoms with Crippen molar-refractivity contribution < 1.29 is 9.53 Å². The van der Waals surface area contributed by atoms with E-state index in [1.54, 1.807) is 4.90 Å². The monoisotopic (exact) mass is 236 g/mol. The Morgan fingerprint density at radius 2 is 2.07 bits per heavy atom. The van der Waals surface area contributed by atoms with Gasteiger partial charge in [-0.05, 0) is 18.8 Å². The average molecular weight is 237 g/mol. The van der Waals surface area contributed by atoms with Crippen LogP contribution in [0.5, 0.6) is 0 Å². The lowest BCUT2D eigenvalue weighted by molar-refractivity contribution is -0.130. The van der Waals surface area contributed by atoms with Gasteiger partial charge in [0.15, 0.2) is 0 Å². The molecule has 0 unspecified atom stereocenters. The molecule has 0 saturated carbocycles. The third-order valence-corrected chi connectivity index (χ3v) is 2.66. The molecule has 4 nitrogen and oxygen atoms in total. The minimum atomic E-state index is 0. The molecule has 0 radical (unpaired) electrons. The van der Waals surface area contributed by atoms with E-state index < -0.39 is 0 Å². The number of halogens is 1. The fourth-order valence-corrected chi connectivity index (χ4v) is 1.73. The zero-order valence-electron chi connectivity index (χ0n) is 9.28. The highest BCUT2D eigenvalue weighted by Gasteiger charge is 2.17. The number of carbonyl (C=O) groups excluding carboxylic acids is 1. The van der Waals surface area contributed by atoms with Crippen molar-refractivity contribution in [2.75, 3.05) is 33.4 Å². The predicted octanol–water partition coefficient (Wildman–Crippen LogP) is 0.642. The van der Waals surface area contributed by atoms with Gasteiger partial charge in [0.1, 0.15) is 0 Å². The Labute approximate surface area is 97.5 Å². The van der Waals surface area contributed by atoms with Gasteiger partial charge >= 0.3 is 0 Å². The quantitative estimate of drug-likeness (QED) is 0.780. The molecule has 0 spiro atoms. The normalized spacial score (nSPS) is 16.9. The molecule has 1 saturated heterocycles. The number of nitrogens with zero attached hydrogens (tertiary/aromatic N) is 1. The first kappa shape index (κ1) is 14.7. The summed E-state index contributed by atoms with van der Waals surface area (Å²) in [5, 5.41) is 0. The van der Waals surface area contributed by atoms with E-state index in [-0.39, 0.29) is 18.3 Å². The lowest BCUT2D eigenvalue weighted by Gasteiger charge is -2.27. The smallest absolute Gasteiger partial charge is 0.223 e. The Balaban J connectivity index is 0.00000196. The molecule has 0 aromatic rings. The van der Waals surface area contributed by atoms with Crippen molar-refractivity contribution in [3.05, 3.63) is 0 Å². The van der Waals surface area contributed by atoms with Crippen LogP contribution in [0.4, 0.5) is 0 Å².